The quantitative estimate of drug-likeness (QED) is 0.466. The summed E-state index contributed by atoms with van der Waals surface area (Å²) in [6.07, 6.45) is 14.8. The number of rotatable bonds is 6. The Morgan fingerprint density at radius 1 is 1.23 bits per heavy atom. The zero-order valence-electron chi connectivity index (χ0n) is 19.6. The molecule has 1 unspecified atom stereocenters. The summed E-state index contributed by atoms with van der Waals surface area (Å²) in [5, 5.41) is 7.36. The van der Waals surface area contributed by atoms with E-state index in [9.17, 15) is 13.6 Å². The number of nitrogens with two attached hydrogens (primary N) is 1. The average molecular weight is 500 g/mol. The largest absolute Gasteiger partial charge is 0.349 e. The van der Waals surface area contributed by atoms with Crippen LogP contribution in [0.4, 0.5) is 8.78 Å². The molecule has 3 N–H and O–H groups in total. The Kier molecular flexibility index (Phi) is 6.98. The fraction of sp³-hybridized carbons (Fsp3) is 0.500. The highest BCUT2D eigenvalue weighted by Gasteiger charge is 2.45. The van der Waals surface area contributed by atoms with Gasteiger partial charge in [0.05, 0.1) is 28.2 Å². The van der Waals surface area contributed by atoms with Gasteiger partial charge in [0.15, 0.2) is 5.01 Å². The molecule has 0 saturated heterocycles. The first-order chi connectivity index (χ1) is 16.9. The van der Waals surface area contributed by atoms with Crippen molar-refractivity contribution in [1.82, 2.24) is 19.9 Å². The van der Waals surface area contributed by atoms with Gasteiger partial charge in [-0.15, -0.1) is 11.3 Å². The number of nitrogens with zero attached hydrogens (tertiary/aromatic N) is 3. The Morgan fingerprint density at radius 2 is 2.06 bits per heavy atom. The highest BCUT2D eigenvalue weighted by molar-refractivity contribution is 7.15. The first-order valence-electron chi connectivity index (χ1n) is 12.5. The first-order valence-corrected chi connectivity index (χ1v) is 13.3. The summed E-state index contributed by atoms with van der Waals surface area (Å²) >= 11 is 1.28. The maximum Gasteiger partial charge on any atom is 0.280 e. The van der Waals surface area contributed by atoms with Crippen LogP contribution in [0.2, 0.25) is 0 Å². The van der Waals surface area contributed by atoms with Crippen molar-refractivity contribution in [2.75, 3.05) is 6.54 Å². The van der Waals surface area contributed by atoms with Gasteiger partial charge in [0.2, 0.25) is 0 Å². The number of aromatic nitrogens is 3. The Balaban J connectivity index is 1.41. The van der Waals surface area contributed by atoms with Crippen molar-refractivity contribution in [3.63, 3.8) is 0 Å². The van der Waals surface area contributed by atoms with Crippen LogP contribution in [0.3, 0.4) is 0 Å². The van der Waals surface area contributed by atoms with Gasteiger partial charge in [0.1, 0.15) is 0 Å². The van der Waals surface area contributed by atoms with Gasteiger partial charge < -0.3 is 11.1 Å². The van der Waals surface area contributed by atoms with E-state index in [0.717, 1.165) is 16.0 Å². The van der Waals surface area contributed by atoms with E-state index < -0.39 is 23.8 Å². The van der Waals surface area contributed by atoms with E-state index in [1.165, 1.54) is 43.4 Å². The Bertz CT molecular complexity index is 1210. The van der Waals surface area contributed by atoms with Crippen LogP contribution in [-0.2, 0) is 0 Å². The van der Waals surface area contributed by atoms with Crippen LogP contribution in [0.1, 0.15) is 66.0 Å². The standard InChI is InChI=1S/C26H31F2N5OS/c27-26(28)13-6-9-20(29)19(26)16-30-24(34)25-32-23(18-15-31-33-14-5-4-10-21(18)33)22(35-25)12-11-17-7-2-1-3-8-17/h4-5,10-12,14-15,17,19-20H,1-3,6-9,13,16,29H2,(H,30,34)/b12-11+/t19?,20-/m1/s1. The van der Waals surface area contributed by atoms with Gasteiger partial charge in [-0.1, -0.05) is 31.4 Å². The molecule has 186 valence electrons. The van der Waals surface area contributed by atoms with Crippen LogP contribution in [0, 0.1) is 11.8 Å². The summed E-state index contributed by atoms with van der Waals surface area (Å²) in [6, 6.07) is 5.17. The topological polar surface area (TPSA) is 85.3 Å². The van der Waals surface area contributed by atoms with Crippen LogP contribution in [0.25, 0.3) is 22.9 Å². The number of pyridine rings is 1. The number of hydrogen-bond donors (Lipinski definition) is 2. The number of fused-ring (bicyclic) bond motifs is 1. The molecular formula is C26H31F2N5OS. The summed E-state index contributed by atoms with van der Waals surface area (Å²) in [6.45, 7) is -0.161. The summed E-state index contributed by atoms with van der Waals surface area (Å²) in [5.74, 6) is -3.86. The zero-order chi connectivity index (χ0) is 24.4. The SMILES string of the molecule is N[C@@H]1CCCC(F)(F)C1CNC(=O)c1nc(-c2cnn3ccccc23)c(/C=C/C2CCCCC2)s1. The second-order valence-corrected chi connectivity index (χ2v) is 10.7. The number of nitrogens with one attached hydrogen (secondary N) is 1. The molecule has 3 aromatic heterocycles. The van der Waals surface area contributed by atoms with Crippen molar-refractivity contribution >= 4 is 28.8 Å². The molecule has 5 rings (SSSR count). The van der Waals surface area contributed by atoms with Crippen LogP contribution in [0.5, 0.6) is 0 Å². The third-order valence-electron chi connectivity index (χ3n) is 7.29. The van der Waals surface area contributed by atoms with Crippen molar-refractivity contribution in [2.45, 2.75) is 63.3 Å². The Labute approximate surface area is 207 Å². The lowest BCUT2D eigenvalue weighted by Gasteiger charge is -2.36. The van der Waals surface area contributed by atoms with Crippen molar-refractivity contribution in [3.05, 3.63) is 46.6 Å². The van der Waals surface area contributed by atoms with Gasteiger partial charge >= 0.3 is 0 Å². The smallest absolute Gasteiger partial charge is 0.280 e. The Hall–Kier alpha value is -2.65. The number of halogens is 2. The van der Waals surface area contributed by atoms with Crippen LogP contribution in [-0.4, -0.2) is 39.0 Å². The molecule has 2 atom stereocenters. The molecule has 0 spiro atoms. The van der Waals surface area contributed by atoms with E-state index in [1.807, 2.05) is 24.4 Å². The van der Waals surface area contributed by atoms with Gasteiger partial charge in [-0.25, -0.2) is 18.3 Å². The van der Waals surface area contributed by atoms with Crippen molar-refractivity contribution in [3.8, 4) is 11.3 Å². The summed E-state index contributed by atoms with van der Waals surface area (Å²) < 4.78 is 30.6. The minimum Gasteiger partial charge on any atom is -0.349 e. The lowest BCUT2D eigenvalue weighted by Crippen LogP contribution is -2.51. The van der Waals surface area contributed by atoms with E-state index in [0.29, 0.717) is 24.5 Å². The van der Waals surface area contributed by atoms with E-state index >= 15 is 0 Å². The molecule has 0 aromatic carbocycles. The molecular weight excluding hydrogens is 468 g/mol. The van der Waals surface area contributed by atoms with Gasteiger partial charge in [-0.3, -0.25) is 4.79 Å². The molecule has 35 heavy (non-hydrogen) atoms. The number of allylic oxidation sites excluding steroid dienone is 1. The molecule has 2 fully saturated rings. The van der Waals surface area contributed by atoms with Gasteiger partial charge in [0.25, 0.3) is 11.8 Å². The first kappa shape index (κ1) is 24.1. The second kappa shape index (κ2) is 10.1. The molecule has 3 heterocycles. The molecule has 2 saturated carbocycles. The molecule has 2 aliphatic carbocycles. The maximum atomic E-state index is 14.4. The van der Waals surface area contributed by atoms with Gasteiger partial charge in [0, 0.05) is 30.8 Å². The third kappa shape index (κ3) is 5.16. The fourth-order valence-corrected chi connectivity index (χ4v) is 6.16. The lowest BCUT2D eigenvalue weighted by molar-refractivity contribution is -0.0908. The third-order valence-corrected chi connectivity index (χ3v) is 8.31. The predicted molar refractivity (Wildman–Crippen MR) is 135 cm³/mol. The van der Waals surface area contributed by atoms with Crippen molar-refractivity contribution < 1.29 is 13.6 Å². The molecule has 1 amide bonds. The molecule has 3 aromatic rings. The number of carbonyl (C=O) groups is 1. The molecule has 9 heteroatoms. The highest BCUT2D eigenvalue weighted by Crippen LogP contribution is 2.38. The number of amides is 1. The second-order valence-electron chi connectivity index (χ2n) is 9.71. The molecule has 6 nitrogen and oxygen atoms in total. The number of alkyl halides is 2. The normalized spacial score (nSPS) is 23.2. The van der Waals surface area contributed by atoms with Crippen LogP contribution >= 0.6 is 11.3 Å². The monoisotopic (exact) mass is 499 g/mol. The maximum absolute atomic E-state index is 14.4. The molecule has 0 bridgehead atoms. The molecule has 2 aliphatic rings. The van der Waals surface area contributed by atoms with E-state index in [4.69, 9.17) is 5.73 Å². The highest BCUT2D eigenvalue weighted by atomic mass is 32.1. The molecule has 0 radical (unpaired) electrons. The van der Waals surface area contributed by atoms with E-state index in [1.54, 1.807) is 10.7 Å². The Morgan fingerprint density at radius 3 is 2.86 bits per heavy atom. The molecule has 0 aliphatic heterocycles. The summed E-state index contributed by atoms with van der Waals surface area (Å²) in [5.41, 5.74) is 8.39. The fourth-order valence-electron chi connectivity index (χ4n) is 5.25. The van der Waals surface area contributed by atoms with Crippen molar-refractivity contribution in [2.24, 2.45) is 17.6 Å². The minimum atomic E-state index is -2.87. The van der Waals surface area contributed by atoms with E-state index in [-0.39, 0.29) is 18.0 Å². The van der Waals surface area contributed by atoms with Gasteiger partial charge in [-0.2, -0.15) is 5.10 Å². The summed E-state index contributed by atoms with van der Waals surface area (Å²) in [4.78, 5) is 18.6. The van der Waals surface area contributed by atoms with Crippen molar-refractivity contribution in [1.29, 1.82) is 0 Å². The minimum absolute atomic E-state index is 0.161. The number of hydrogen-bond acceptors (Lipinski definition) is 5. The van der Waals surface area contributed by atoms with Crippen LogP contribution in [0.15, 0.2) is 36.7 Å². The average Bonchev–Trinajstić information content (AvgIpc) is 3.47. The lowest BCUT2D eigenvalue weighted by atomic mass is 9.81. The van der Waals surface area contributed by atoms with E-state index in [2.05, 4.69) is 27.6 Å². The zero-order valence-corrected chi connectivity index (χ0v) is 20.4. The number of thiazole rings is 1. The van der Waals surface area contributed by atoms with Crippen LogP contribution < -0.4 is 11.1 Å². The van der Waals surface area contributed by atoms with Gasteiger partial charge in [-0.05, 0) is 49.8 Å². The predicted octanol–water partition coefficient (Wildman–Crippen LogP) is 5.54. The summed E-state index contributed by atoms with van der Waals surface area (Å²) in [7, 11) is 0. The number of carbonyl (C=O) groups excluding carboxylic acids is 1.